The quantitative estimate of drug-likeness (QED) is 0.348. The SMILES string of the molecule is CN1CCC(N(C)C(=O)C2(C(N)=NO)CCCC2)CC1. The topological polar surface area (TPSA) is 82.2 Å². The lowest BCUT2D eigenvalue weighted by Crippen LogP contribution is -2.53. The molecule has 2 aliphatic rings. The van der Waals surface area contributed by atoms with Crippen LogP contribution >= 0.6 is 0 Å². The summed E-state index contributed by atoms with van der Waals surface area (Å²) in [6.07, 6.45) is 5.29. The maximum atomic E-state index is 12.9. The zero-order chi connectivity index (χ0) is 14.8. The molecule has 20 heavy (non-hydrogen) atoms. The monoisotopic (exact) mass is 282 g/mol. The molecule has 6 heteroatoms. The van der Waals surface area contributed by atoms with Crippen molar-refractivity contribution in [1.29, 1.82) is 0 Å². The largest absolute Gasteiger partial charge is 0.409 e. The van der Waals surface area contributed by atoms with Gasteiger partial charge >= 0.3 is 0 Å². The highest BCUT2D eigenvalue weighted by molar-refractivity contribution is 6.07. The van der Waals surface area contributed by atoms with Gasteiger partial charge in [0.05, 0.1) is 0 Å². The van der Waals surface area contributed by atoms with Gasteiger partial charge in [0.25, 0.3) is 0 Å². The van der Waals surface area contributed by atoms with Crippen molar-refractivity contribution in [3.63, 3.8) is 0 Å². The van der Waals surface area contributed by atoms with E-state index in [4.69, 9.17) is 10.9 Å². The summed E-state index contributed by atoms with van der Waals surface area (Å²) < 4.78 is 0. The predicted molar refractivity (Wildman–Crippen MR) is 77.6 cm³/mol. The Balaban J connectivity index is 2.12. The molecule has 1 saturated heterocycles. The van der Waals surface area contributed by atoms with Crippen LogP contribution < -0.4 is 5.73 Å². The molecule has 0 radical (unpaired) electrons. The number of likely N-dealkylation sites (tertiary alicyclic amines) is 1. The lowest BCUT2D eigenvalue weighted by atomic mass is 9.82. The predicted octanol–water partition coefficient (Wildman–Crippen LogP) is 0.846. The van der Waals surface area contributed by atoms with Gasteiger partial charge in [-0.3, -0.25) is 4.79 Å². The minimum atomic E-state index is -0.771. The number of amidine groups is 1. The molecule has 2 fully saturated rings. The van der Waals surface area contributed by atoms with Gasteiger partial charge in [0.15, 0.2) is 5.84 Å². The van der Waals surface area contributed by atoms with Gasteiger partial charge in [0, 0.05) is 13.1 Å². The third kappa shape index (κ3) is 2.61. The van der Waals surface area contributed by atoms with Crippen LogP contribution in [0, 0.1) is 5.41 Å². The standard InChI is InChI=1S/C14H26N4O2/c1-17-9-5-11(6-10-17)18(2)13(19)14(12(15)16-20)7-3-4-8-14/h11,20H,3-10H2,1-2H3,(H2,15,16). The van der Waals surface area contributed by atoms with Crippen LogP contribution in [0.4, 0.5) is 0 Å². The van der Waals surface area contributed by atoms with Crippen molar-refractivity contribution < 1.29 is 10.0 Å². The molecule has 1 aliphatic carbocycles. The summed E-state index contributed by atoms with van der Waals surface area (Å²) in [6.45, 7) is 2.03. The Kier molecular flexibility index (Phi) is 4.52. The number of amides is 1. The fraction of sp³-hybridized carbons (Fsp3) is 0.857. The van der Waals surface area contributed by atoms with E-state index in [0.717, 1.165) is 38.8 Å². The van der Waals surface area contributed by atoms with Gasteiger partial charge in [0.1, 0.15) is 5.41 Å². The van der Waals surface area contributed by atoms with E-state index in [2.05, 4.69) is 17.1 Å². The molecular formula is C14H26N4O2. The van der Waals surface area contributed by atoms with Crippen LogP contribution in [0.15, 0.2) is 5.16 Å². The van der Waals surface area contributed by atoms with Crippen LogP contribution in [-0.2, 0) is 4.79 Å². The summed E-state index contributed by atoms with van der Waals surface area (Å²) in [6, 6.07) is 0.266. The molecule has 0 bridgehead atoms. The van der Waals surface area contributed by atoms with Gasteiger partial charge < -0.3 is 20.7 Å². The summed E-state index contributed by atoms with van der Waals surface area (Å²) in [5.74, 6) is 0.111. The molecule has 2 rings (SSSR count). The maximum Gasteiger partial charge on any atom is 0.236 e. The number of piperidine rings is 1. The summed E-state index contributed by atoms with van der Waals surface area (Å²) >= 11 is 0. The highest BCUT2D eigenvalue weighted by atomic mass is 16.4. The van der Waals surface area contributed by atoms with Crippen molar-refractivity contribution in [2.75, 3.05) is 27.2 Å². The summed E-state index contributed by atoms with van der Waals surface area (Å²) in [4.78, 5) is 17.0. The normalized spacial score (nSPS) is 24.8. The van der Waals surface area contributed by atoms with Crippen LogP contribution in [-0.4, -0.2) is 60.0 Å². The first-order chi connectivity index (χ1) is 9.51. The molecule has 114 valence electrons. The molecule has 0 aromatic rings. The van der Waals surface area contributed by atoms with E-state index in [9.17, 15) is 4.79 Å². The van der Waals surface area contributed by atoms with Gasteiger partial charge in [-0.2, -0.15) is 0 Å². The molecule has 0 aromatic carbocycles. The first-order valence-electron chi connectivity index (χ1n) is 7.45. The van der Waals surface area contributed by atoms with E-state index in [1.807, 2.05) is 11.9 Å². The summed E-state index contributed by atoms with van der Waals surface area (Å²) in [7, 11) is 3.97. The third-order valence-corrected chi connectivity index (χ3v) is 5.02. The fourth-order valence-corrected chi connectivity index (χ4v) is 3.54. The van der Waals surface area contributed by atoms with Crippen LogP contribution in [0.2, 0.25) is 0 Å². The first-order valence-corrected chi connectivity index (χ1v) is 7.45. The molecule has 1 heterocycles. The van der Waals surface area contributed by atoms with Gasteiger partial charge in [-0.15, -0.1) is 0 Å². The van der Waals surface area contributed by atoms with E-state index < -0.39 is 5.41 Å². The average Bonchev–Trinajstić information content (AvgIpc) is 2.96. The zero-order valence-corrected chi connectivity index (χ0v) is 12.5. The smallest absolute Gasteiger partial charge is 0.236 e. The highest BCUT2D eigenvalue weighted by Gasteiger charge is 2.47. The molecule has 0 spiro atoms. The van der Waals surface area contributed by atoms with E-state index in [-0.39, 0.29) is 17.8 Å². The highest BCUT2D eigenvalue weighted by Crippen LogP contribution is 2.40. The minimum absolute atomic E-state index is 0.0276. The second-order valence-corrected chi connectivity index (χ2v) is 6.22. The van der Waals surface area contributed by atoms with Crippen LogP contribution in [0.1, 0.15) is 38.5 Å². The van der Waals surface area contributed by atoms with E-state index in [1.165, 1.54) is 0 Å². The van der Waals surface area contributed by atoms with E-state index in [0.29, 0.717) is 12.8 Å². The number of carbonyl (C=O) groups is 1. The molecule has 3 N–H and O–H groups in total. The zero-order valence-electron chi connectivity index (χ0n) is 12.5. The molecular weight excluding hydrogens is 256 g/mol. The molecule has 0 aromatic heterocycles. The van der Waals surface area contributed by atoms with Gasteiger partial charge in [-0.05, 0) is 45.8 Å². The van der Waals surface area contributed by atoms with E-state index in [1.54, 1.807) is 0 Å². The number of oxime groups is 1. The maximum absolute atomic E-state index is 12.9. The molecule has 0 atom stereocenters. The van der Waals surface area contributed by atoms with Crippen molar-refractivity contribution >= 4 is 11.7 Å². The van der Waals surface area contributed by atoms with E-state index >= 15 is 0 Å². The lowest BCUT2D eigenvalue weighted by molar-refractivity contribution is -0.140. The Morgan fingerprint density at radius 1 is 1.35 bits per heavy atom. The fourth-order valence-electron chi connectivity index (χ4n) is 3.54. The number of nitrogens with zero attached hydrogens (tertiary/aromatic N) is 3. The molecule has 6 nitrogen and oxygen atoms in total. The number of rotatable bonds is 3. The van der Waals surface area contributed by atoms with Crippen LogP contribution in [0.3, 0.4) is 0 Å². The second kappa shape index (κ2) is 5.99. The van der Waals surface area contributed by atoms with Gasteiger partial charge in [0.2, 0.25) is 5.91 Å². The minimum Gasteiger partial charge on any atom is -0.409 e. The Morgan fingerprint density at radius 2 is 1.90 bits per heavy atom. The van der Waals surface area contributed by atoms with Crippen LogP contribution in [0.5, 0.6) is 0 Å². The molecule has 1 saturated carbocycles. The molecule has 0 unspecified atom stereocenters. The second-order valence-electron chi connectivity index (χ2n) is 6.22. The van der Waals surface area contributed by atoms with Crippen molar-refractivity contribution in [3.8, 4) is 0 Å². The van der Waals surface area contributed by atoms with Crippen molar-refractivity contribution in [2.24, 2.45) is 16.3 Å². The first kappa shape index (κ1) is 15.1. The number of nitrogens with two attached hydrogens (primary N) is 1. The number of hydrogen-bond donors (Lipinski definition) is 2. The Morgan fingerprint density at radius 3 is 2.40 bits per heavy atom. The van der Waals surface area contributed by atoms with Gasteiger partial charge in [-0.1, -0.05) is 18.0 Å². The van der Waals surface area contributed by atoms with Crippen molar-refractivity contribution in [1.82, 2.24) is 9.80 Å². The Bertz CT molecular complexity index is 383. The Hall–Kier alpha value is -1.30. The number of hydrogen-bond acceptors (Lipinski definition) is 4. The summed E-state index contributed by atoms with van der Waals surface area (Å²) in [5.41, 5.74) is 5.08. The van der Waals surface area contributed by atoms with Crippen molar-refractivity contribution in [2.45, 2.75) is 44.6 Å². The van der Waals surface area contributed by atoms with Gasteiger partial charge in [-0.25, -0.2) is 0 Å². The van der Waals surface area contributed by atoms with Crippen LogP contribution in [0.25, 0.3) is 0 Å². The molecule has 1 aliphatic heterocycles. The third-order valence-electron chi connectivity index (χ3n) is 5.02. The molecule has 1 amide bonds. The summed E-state index contributed by atoms with van der Waals surface area (Å²) in [5, 5.41) is 12.2. The lowest BCUT2D eigenvalue weighted by Gasteiger charge is -2.39. The Labute approximate surface area is 120 Å². The van der Waals surface area contributed by atoms with Crippen molar-refractivity contribution in [3.05, 3.63) is 0 Å². The number of carbonyl (C=O) groups excluding carboxylic acids is 1. The average molecular weight is 282 g/mol.